The molecule has 0 saturated heterocycles. The van der Waals surface area contributed by atoms with E-state index in [2.05, 4.69) is 15.1 Å². The van der Waals surface area contributed by atoms with E-state index in [1.165, 1.54) is 0 Å². The van der Waals surface area contributed by atoms with Gasteiger partial charge >= 0.3 is 5.97 Å². The van der Waals surface area contributed by atoms with Gasteiger partial charge in [-0.1, -0.05) is 0 Å². The maximum Gasteiger partial charge on any atom is 0.339 e. The molecule has 0 aliphatic carbocycles. The van der Waals surface area contributed by atoms with Crippen molar-refractivity contribution in [3.8, 4) is 6.07 Å². The van der Waals surface area contributed by atoms with Crippen molar-refractivity contribution in [3.05, 3.63) is 39.8 Å². The van der Waals surface area contributed by atoms with Gasteiger partial charge in [0.05, 0.1) is 38.7 Å². The number of aliphatic hydroxyl groups excluding tert-OH is 2. The molecule has 184 valence electrons. The molecule has 3 N–H and O–H groups in total. The Kier molecular flexibility index (Phi) is 11.6. The molecule has 0 radical (unpaired) electrons. The maximum absolute atomic E-state index is 11.6. The van der Waals surface area contributed by atoms with Crippen LogP contribution in [0.3, 0.4) is 0 Å². The minimum Gasteiger partial charge on any atom is -0.478 e. The topological polar surface area (TPSA) is 148 Å². The smallest absolute Gasteiger partial charge is 0.339 e. The summed E-state index contributed by atoms with van der Waals surface area (Å²) < 4.78 is 10.8. The van der Waals surface area contributed by atoms with Crippen molar-refractivity contribution in [2.45, 2.75) is 20.3 Å². The Bertz CT molecular complexity index is 1020. The maximum atomic E-state index is 11.6. The Morgan fingerprint density at radius 3 is 2.41 bits per heavy atom. The Morgan fingerprint density at radius 2 is 1.79 bits per heavy atom. The molecule has 0 amide bonds. The van der Waals surface area contributed by atoms with Crippen LogP contribution in [0.2, 0.25) is 0 Å². The van der Waals surface area contributed by atoms with Gasteiger partial charge in [-0.3, -0.25) is 0 Å². The van der Waals surface area contributed by atoms with Crippen molar-refractivity contribution in [1.82, 2.24) is 0 Å². The Labute approximate surface area is 202 Å². The van der Waals surface area contributed by atoms with Crippen LogP contribution in [0.25, 0.3) is 0 Å². The zero-order chi connectivity index (χ0) is 24.9. The van der Waals surface area contributed by atoms with Gasteiger partial charge in [-0.15, -0.1) is 21.6 Å². The highest BCUT2D eigenvalue weighted by Gasteiger charge is 2.20. The quantitative estimate of drug-likeness (QED) is 0.253. The normalized spacial score (nSPS) is 11.1. The molecular weight excluding hydrogens is 460 g/mol. The van der Waals surface area contributed by atoms with Gasteiger partial charge in [0.1, 0.15) is 16.5 Å². The van der Waals surface area contributed by atoms with Crippen molar-refractivity contribution in [3.63, 3.8) is 0 Å². The highest BCUT2D eigenvalue weighted by Crippen LogP contribution is 2.36. The highest BCUT2D eigenvalue weighted by molar-refractivity contribution is 7.16. The number of ether oxygens (including phenoxy) is 2. The fraction of sp³-hybridized carbons (Fsp3) is 0.478. The average molecular weight is 491 g/mol. The van der Waals surface area contributed by atoms with Crippen LogP contribution >= 0.6 is 11.3 Å². The molecule has 0 bridgehead atoms. The first-order chi connectivity index (χ1) is 16.4. The summed E-state index contributed by atoms with van der Waals surface area (Å²) >= 11 is 1.01. The van der Waals surface area contributed by atoms with E-state index < -0.39 is 5.97 Å². The molecule has 0 aliphatic rings. The van der Waals surface area contributed by atoms with E-state index in [-0.39, 0.29) is 30.4 Å². The second-order valence-electron chi connectivity index (χ2n) is 7.34. The lowest BCUT2D eigenvalue weighted by atomic mass is 10.1. The van der Waals surface area contributed by atoms with Crippen LogP contribution in [0, 0.1) is 25.2 Å². The lowest BCUT2D eigenvalue weighted by Gasteiger charge is -2.25. The molecule has 11 heteroatoms. The summed E-state index contributed by atoms with van der Waals surface area (Å²) in [5.41, 5.74) is 2.79. The van der Waals surface area contributed by atoms with E-state index in [1.807, 2.05) is 31.2 Å². The van der Waals surface area contributed by atoms with Crippen molar-refractivity contribution >= 4 is 33.7 Å². The molecule has 2 aromatic rings. The van der Waals surface area contributed by atoms with Crippen molar-refractivity contribution in [1.29, 1.82) is 5.26 Å². The number of carboxylic acids is 1. The summed E-state index contributed by atoms with van der Waals surface area (Å²) in [5.74, 6) is -1.14. The van der Waals surface area contributed by atoms with Gasteiger partial charge in [0.25, 0.3) is 0 Å². The van der Waals surface area contributed by atoms with Crippen LogP contribution in [0.15, 0.2) is 28.4 Å². The Balaban J connectivity index is 2.18. The molecule has 34 heavy (non-hydrogen) atoms. The number of anilines is 1. The van der Waals surface area contributed by atoms with E-state index in [0.717, 1.165) is 29.0 Å². The number of hydrogen-bond donors (Lipinski definition) is 3. The predicted molar refractivity (Wildman–Crippen MR) is 129 cm³/mol. The molecule has 0 saturated carbocycles. The third-order valence-corrected chi connectivity index (χ3v) is 6.01. The Hall–Kier alpha value is -2.88. The summed E-state index contributed by atoms with van der Waals surface area (Å²) in [5, 5.41) is 45.0. The largest absolute Gasteiger partial charge is 0.478 e. The second-order valence-corrected chi connectivity index (χ2v) is 8.34. The van der Waals surface area contributed by atoms with Gasteiger partial charge in [-0.2, -0.15) is 5.26 Å². The molecule has 1 aromatic carbocycles. The standard InChI is InChI=1S/C23H30N4O6S/c1-16-14-18(27(7-11-33-13-9-29)6-3-10-32-12-8-28)4-5-19(16)25-26-22-21(23(30)31)17(2)20(15-24)34-22/h4-5,14,28-29H,3,6-13H2,1-2H3,(H,30,31). The number of azo groups is 1. The number of nitriles is 1. The van der Waals surface area contributed by atoms with E-state index in [4.69, 9.17) is 19.7 Å². The van der Waals surface area contributed by atoms with Crippen LogP contribution in [0.5, 0.6) is 0 Å². The van der Waals surface area contributed by atoms with Gasteiger partial charge in [0.2, 0.25) is 0 Å². The van der Waals surface area contributed by atoms with Gasteiger partial charge < -0.3 is 29.7 Å². The molecule has 10 nitrogen and oxygen atoms in total. The lowest BCUT2D eigenvalue weighted by molar-refractivity contribution is 0.0697. The van der Waals surface area contributed by atoms with E-state index in [0.29, 0.717) is 49.0 Å². The number of carboxylic acid groups (broad SMARTS) is 1. The zero-order valence-electron chi connectivity index (χ0n) is 19.4. The number of thiophene rings is 1. The molecule has 0 aliphatic heterocycles. The number of aryl methyl sites for hydroxylation is 1. The fourth-order valence-electron chi connectivity index (χ4n) is 3.21. The number of nitrogens with zero attached hydrogens (tertiary/aromatic N) is 4. The van der Waals surface area contributed by atoms with Crippen molar-refractivity contribution in [2.24, 2.45) is 10.2 Å². The highest BCUT2D eigenvalue weighted by atomic mass is 32.1. The van der Waals surface area contributed by atoms with E-state index in [1.54, 1.807) is 6.92 Å². The van der Waals surface area contributed by atoms with Crippen molar-refractivity contribution in [2.75, 3.05) is 57.6 Å². The SMILES string of the molecule is Cc1cc(N(CCCOCCO)CCOCCO)ccc1N=Nc1sc(C#N)c(C)c1C(=O)O. The molecular formula is C23H30N4O6S. The molecule has 1 heterocycles. The van der Waals surface area contributed by atoms with E-state index in [9.17, 15) is 15.2 Å². The first-order valence-electron chi connectivity index (χ1n) is 10.8. The van der Waals surface area contributed by atoms with Crippen LogP contribution in [0.4, 0.5) is 16.4 Å². The molecule has 0 unspecified atom stereocenters. The summed E-state index contributed by atoms with van der Waals surface area (Å²) in [6, 6.07) is 7.67. The minimum absolute atomic E-state index is 0.00274. The molecule has 0 fully saturated rings. The monoisotopic (exact) mass is 490 g/mol. The first kappa shape index (κ1) is 27.4. The summed E-state index contributed by atoms with van der Waals surface area (Å²) in [7, 11) is 0. The molecule has 1 aromatic heterocycles. The van der Waals surface area contributed by atoms with Crippen LogP contribution in [-0.4, -0.2) is 74.0 Å². The third kappa shape index (κ3) is 7.86. The minimum atomic E-state index is -1.14. The van der Waals surface area contributed by atoms with Crippen LogP contribution < -0.4 is 4.90 Å². The second kappa shape index (κ2) is 14.4. The average Bonchev–Trinajstić information content (AvgIpc) is 3.14. The lowest BCUT2D eigenvalue weighted by Crippen LogP contribution is -2.29. The van der Waals surface area contributed by atoms with Gasteiger partial charge in [0, 0.05) is 25.4 Å². The van der Waals surface area contributed by atoms with Gasteiger partial charge in [-0.05, 0) is 49.6 Å². The van der Waals surface area contributed by atoms with Gasteiger partial charge in [-0.25, -0.2) is 4.79 Å². The number of rotatable bonds is 15. The summed E-state index contributed by atoms with van der Waals surface area (Å²) in [6.07, 6.45) is 0.761. The zero-order valence-corrected chi connectivity index (χ0v) is 20.2. The summed E-state index contributed by atoms with van der Waals surface area (Å²) in [6.45, 7) is 6.33. The first-order valence-corrected chi connectivity index (χ1v) is 11.7. The number of carbonyl (C=O) groups is 1. The number of aliphatic hydroxyl groups is 2. The van der Waals surface area contributed by atoms with Crippen LogP contribution in [-0.2, 0) is 9.47 Å². The molecule has 2 rings (SSSR count). The van der Waals surface area contributed by atoms with Crippen LogP contribution in [0.1, 0.15) is 32.8 Å². The number of benzene rings is 1. The number of aromatic carboxylic acids is 1. The Morgan fingerprint density at radius 1 is 1.09 bits per heavy atom. The third-order valence-electron chi connectivity index (χ3n) is 4.93. The fourth-order valence-corrected chi connectivity index (χ4v) is 4.13. The summed E-state index contributed by atoms with van der Waals surface area (Å²) in [4.78, 5) is 14.0. The van der Waals surface area contributed by atoms with E-state index >= 15 is 0 Å². The number of hydrogen-bond acceptors (Lipinski definition) is 10. The van der Waals surface area contributed by atoms with Crippen molar-refractivity contribution < 1.29 is 29.6 Å². The predicted octanol–water partition coefficient (Wildman–Crippen LogP) is 3.56. The molecule has 0 spiro atoms. The molecule has 0 atom stereocenters. The van der Waals surface area contributed by atoms with Gasteiger partial charge in [0.15, 0.2) is 5.00 Å².